The monoisotopic (exact) mass is 213 g/mol. The first-order valence-electron chi connectivity index (χ1n) is 5.81. The highest BCUT2D eigenvalue weighted by molar-refractivity contribution is 5.65. The van der Waals surface area contributed by atoms with Crippen molar-refractivity contribution in [1.82, 2.24) is 14.8 Å². The minimum atomic E-state index is 1.09. The number of allylic oxidation sites excluding steroid dienone is 2. The van der Waals surface area contributed by atoms with E-state index in [2.05, 4.69) is 22.4 Å². The number of H-pyrrole nitrogens is 1. The molecule has 3 nitrogen and oxygen atoms in total. The number of rotatable bonds is 2. The number of hydrogen-bond donors (Lipinski definition) is 1. The van der Waals surface area contributed by atoms with Crippen LogP contribution in [0.15, 0.2) is 36.9 Å². The normalized spacial score (nSPS) is 16.1. The fourth-order valence-electron chi connectivity index (χ4n) is 2.19. The molecule has 0 atom stereocenters. The number of nitrogens with one attached hydrogen (secondary N) is 1. The second-order valence-electron chi connectivity index (χ2n) is 4.22. The third-order valence-electron chi connectivity index (χ3n) is 3.09. The van der Waals surface area contributed by atoms with Crippen molar-refractivity contribution in [3.8, 4) is 5.69 Å². The first-order valence-corrected chi connectivity index (χ1v) is 5.81. The zero-order chi connectivity index (χ0) is 10.8. The van der Waals surface area contributed by atoms with E-state index in [1.807, 2.05) is 29.3 Å². The van der Waals surface area contributed by atoms with Crippen LogP contribution in [0, 0.1) is 0 Å². The first kappa shape index (κ1) is 9.46. The molecule has 1 aliphatic rings. The minimum Gasteiger partial charge on any atom is -0.366 e. The molecule has 1 aliphatic carbocycles. The van der Waals surface area contributed by atoms with Crippen molar-refractivity contribution >= 4 is 5.57 Å². The van der Waals surface area contributed by atoms with Crippen molar-refractivity contribution in [3.63, 3.8) is 0 Å². The van der Waals surface area contributed by atoms with Gasteiger partial charge in [-0.1, -0.05) is 6.08 Å². The number of aromatic nitrogens is 3. The summed E-state index contributed by atoms with van der Waals surface area (Å²) in [5.74, 6) is 0. The SMILES string of the molecule is C1=C(c2cnn(-c3cc[nH]c3)c2)CCCC1. The Bertz CT molecular complexity index is 491. The van der Waals surface area contributed by atoms with Crippen LogP contribution in [0.5, 0.6) is 0 Å². The molecule has 0 fully saturated rings. The first-order chi connectivity index (χ1) is 7.93. The lowest BCUT2D eigenvalue weighted by Gasteiger charge is -2.10. The Morgan fingerprint density at radius 1 is 1.31 bits per heavy atom. The van der Waals surface area contributed by atoms with E-state index in [0.29, 0.717) is 0 Å². The van der Waals surface area contributed by atoms with Gasteiger partial charge in [-0.3, -0.25) is 0 Å². The highest BCUT2D eigenvalue weighted by Gasteiger charge is 2.08. The van der Waals surface area contributed by atoms with Crippen LogP contribution in [0.4, 0.5) is 0 Å². The molecule has 0 unspecified atom stereocenters. The van der Waals surface area contributed by atoms with Crippen LogP contribution in [-0.4, -0.2) is 14.8 Å². The molecule has 2 aromatic heterocycles. The lowest BCUT2D eigenvalue weighted by atomic mass is 9.96. The largest absolute Gasteiger partial charge is 0.366 e. The van der Waals surface area contributed by atoms with Crippen molar-refractivity contribution in [2.45, 2.75) is 25.7 Å². The Kier molecular flexibility index (Phi) is 2.37. The van der Waals surface area contributed by atoms with Crippen LogP contribution in [0.25, 0.3) is 11.3 Å². The van der Waals surface area contributed by atoms with E-state index >= 15 is 0 Å². The van der Waals surface area contributed by atoms with Gasteiger partial charge in [0.1, 0.15) is 0 Å². The maximum absolute atomic E-state index is 4.39. The standard InChI is InChI=1S/C13H15N3/c1-2-4-11(5-3-1)12-8-15-16(10-12)13-6-7-14-9-13/h4,6-10,14H,1-3,5H2. The molecule has 3 rings (SSSR count). The molecule has 0 aromatic carbocycles. The quantitative estimate of drug-likeness (QED) is 0.816. The zero-order valence-electron chi connectivity index (χ0n) is 9.19. The van der Waals surface area contributed by atoms with Crippen molar-refractivity contribution in [3.05, 3.63) is 42.5 Å². The summed E-state index contributed by atoms with van der Waals surface area (Å²) in [5, 5.41) is 4.39. The summed E-state index contributed by atoms with van der Waals surface area (Å²) in [6.07, 6.45) is 15.3. The predicted molar refractivity (Wildman–Crippen MR) is 64.4 cm³/mol. The van der Waals surface area contributed by atoms with Crippen LogP contribution in [-0.2, 0) is 0 Å². The lowest BCUT2D eigenvalue weighted by molar-refractivity contribution is 0.742. The Morgan fingerprint density at radius 3 is 3.06 bits per heavy atom. The van der Waals surface area contributed by atoms with Gasteiger partial charge in [-0.25, -0.2) is 4.68 Å². The molecule has 82 valence electrons. The maximum atomic E-state index is 4.39. The third kappa shape index (κ3) is 1.69. The average Bonchev–Trinajstić information content (AvgIpc) is 3.01. The summed E-state index contributed by atoms with van der Waals surface area (Å²) in [4.78, 5) is 3.04. The van der Waals surface area contributed by atoms with E-state index in [9.17, 15) is 0 Å². The van der Waals surface area contributed by atoms with Crippen molar-refractivity contribution < 1.29 is 0 Å². The molecule has 0 amide bonds. The van der Waals surface area contributed by atoms with E-state index in [-0.39, 0.29) is 0 Å². The highest BCUT2D eigenvalue weighted by atomic mass is 15.3. The van der Waals surface area contributed by atoms with E-state index in [4.69, 9.17) is 0 Å². The van der Waals surface area contributed by atoms with E-state index in [0.717, 1.165) is 5.69 Å². The Labute approximate surface area is 94.8 Å². The second kappa shape index (κ2) is 4.00. The van der Waals surface area contributed by atoms with Crippen LogP contribution in [0.2, 0.25) is 0 Å². The zero-order valence-corrected chi connectivity index (χ0v) is 9.19. The summed E-state index contributed by atoms with van der Waals surface area (Å²) in [5.41, 5.74) is 3.80. The molecule has 0 aliphatic heterocycles. The number of aromatic amines is 1. The van der Waals surface area contributed by atoms with Crippen molar-refractivity contribution in [1.29, 1.82) is 0 Å². The fourth-order valence-corrected chi connectivity index (χ4v) is 2.19. The molecule has 0 radical (unpaired) electrons. The van der Waals surface area contributed by atoms with E-state index < -0.39 is 0 Å². The van der Waals surface area contributed by atoms with Gasteiger partial charge in [-0.2, -0.15) is 5.10 Å². The summed E-state index contributed by atoms with van der Waals surface area (Å²) in [7, 11) is 0. The Hall–Kier alpha value is -1.77. The molecular formula is C13H15N3. The summed E-state index contributed by atoms with van der Waals surface area (Å²) < 4.78 is 1.92. The Morgan fingerprint density at radius 2 is 2.31 bits per heavy atom. The fraction of sp³-hybridized carbons (Fsp3) is 0.308. The smallest absolute Gasteiger partial charge is 0.0820 e. The highest BCUT2D eigenvalue weighted by Crippen LogP contribution is 2.26. The summed E-state index contributed by atoms with van der Waals surface area (Å²) >= 11 is 0. The second-order valence-corrected chi connectivity index (χ2v) is 4.22. The topological polar surface area (TPSA) is 33.6 Å². The van der Waals surface area contributed by atoms with Gasteiger partial charge in [0.15, 0.2) is 0 Å². The molecule has 2 aromatic rings. The average molecular weight is 213 g/mol. The van der Waals surface area contributed by atoms with Gasteiger partial charge in [0.05, 0.1) is 11.9 Å². The van der Waals surface area contributed by atoms with Gasteiger partial charge in [0.2, 0.25) is 0 Å². The van der Waals surface area contributed by atoms with Crippen LogP contribution >= 0.6 is 0 Å². The van der Waals surface area contributed by atoms with Gasteiger partial charge in [0.25, 0.3) is 0 Å². The van der Waals surface area contributed by atoms with Gasteiger partial charge in [0, 0.05) is 24.2 Å². The molecule has 0 spiro atoms. The minimum absolute atomic E-state index is 1.09. The maximum Gasteiger partial charge on any atom is 0.0820 e. The molecule has 0 saturated carbocycles. The van der Waals surface area contributed by atoms with Crippen molar-refractivity contribution in [2.24, 2.45) is 0 Å². The van der Waals surface area contributed by atoms with Crippen LogP contribution in [0.3, 0.4) is 0 Å². The molecule has 1 N–H and O–H groups in total. The van der Waals surface area contributed by atoms with Gasteiger partial charge < -0.3 is 4.98 Å². The molecule has 3 heteroatoms. The summed E-state index contributed by atoms with van der Waals surface area (Å²) in [6.45, 7) is 0. The van der Waals surface area contributed by atoms with Gasteiger partial charge >= 0.3 is 0 Å². The number of hydrogen-bond acceptors (Lipinski definition) is 1. The Balaban J connectivity index is 1.90. The van der Waals surface area contributed by atoms with Gasteiger partial charge in [-0.15, -0.1) is 0 Å². The molecule has 16 heavy (non-hydrogen) atoms. The summed E-state index contributed by atoms with van der Waals surface area (Å²) in [6, 6.07) is 2.02. The molecule has 0 bridgehead atoms. The van der Waals surface area contributed by atoms with Gasteiger partial charge in [-0.05, 0) is 37.3 Å². The van der Waals surface area contributed by atoms with Crippen molar-refractivity contribution in [2.75, 3.05) is 0 Å². The third-order valence-corrected chi connectivity index (χ3v) is 3.09. The molecular weight excluding hydrogens is 198 g/mol. The van der Waals surface area contributed by atoms with E-state index in [1.165, 1.54) is 36.8 Å². The van der Waals surface area contributed by atoms with Crippen LogP contribution < -0.4 is 0 Å². The van der Waals surface area contributed by atoms with E-state index in [1.54, 1.807) is 0 Å². The number of nitrogens with zero attached hydrogens (tertiary/aromatic N) is 2. The van der Waals surface area contributed by atoms with Crippen LogP contribution in [0.1, 0.15) is 31.2 Å². The predicted octanol–water partition coefficient (Wildman–Crippen LogP) is 3.16. The molecule has 2 heterocycles. The lowest BCUT2D eigenvalue weighted by Crippen LogP contribution is -1.92. The molecule has 0 saturated heterocycles.